The molecule has 130 valence electrons. The zero-order valence-corrected chi connectivity index (χ0v) is 16.7. The van der Waals surface area contributed by atoms with Gasteiger partial charge in [-0.3, -0.25) is 4.79 Å². The minimum atomic E-state index is -0.117. The number of hydrogen-bond acceptors (Lipinski definition) is 3. The van der Waals surface area contributed by atoms with Crippen LogP contribution in [0, 0.1) is 13.8 Å². The van der Waals surface area contributed by atoms with Crippen LogP contribution in [-0.4, -0.2) is 15.7 Å². The number of nitrogens with one attached hydrogen (secondary N) is 1. The van der Waals surface area contributed by atoms with Crippen LogP contribution in [0.25, 0.3) is 15.9 Å². The van der Waals surface area contributed by atoms with Crippen molar-refractivity contribution in [3.63, 3.8) is 0 Å². The second kappa shape index (κ2) is 6.70. The summed E-state index contributed by atoms with van der Waals surface area (Å²) in [6.45, 7) is 4.03. The molecule has 0 aliphatic rings. The molecule has 26 heavy (non-hydrogen) atoms. The molecule has 0 aliphatic carbocycles. The van der Waals surface area contributed by atoms with E-state index in [4.69, 9.17) is 0 Å². The van der Waals surface area contributed by atoms with E-state index in [1.54, 1.807) is 0 Å². The van der Waals surface area contributed by atoms with Crippen LogP contribution in [0.5, 0.6) is 0 Å². The maximum atomic E-state index is 12.7. The van der Waals surface area contributed by atoms with Crippen LogP contribution in [0.3, 0.4) is 0 Å². The minimum absolute atomic E-state index is 0.117. The third-order valence-corrected chi connectivity index (χ3v) is 6.03. The third kappa shape index (κ3) is 2.95. The van der Waals surface area contributed by atoms with Crippen LogP contribution < -0.4 is 5.32 Å². The standard InChI is InChI=1S/C20H16BrN3OS/c1-12-7-3-6-10-17(12)24-20-14(13(2)23-24)11-18(26-20)19(25)22-16-9-5-4-8-15(16)21/h3-11H,1-2H3,(H,22,25). The van der Waals surface area contributed by atoms with Gasteiger partial charge >= 0.3 is 0 Å². The third-order valence-electron chi connectivity index (χ3n) is 4.23. The molecule has 0 saturated heterocycles. The Kier molecular flexibility index (Phi) is 4.38. The predicted molar refractivity (Wildman–Crippen MR) is 111 cm³/mol. The van der Waals surface area contributed by atoms with Gasteiger partial charge in [-0.2, -0.15) is 5.10 Å². The lowest BCUT2D eigenvalue weighted by atomic mass is 10.2. The number of fused-ring (bicyclic) bond motifs is 1. The van der Waals surface area contributed by atoms with E-state index in [0.717, 1.165) is 37.3 Å². The van der Waals surface area contributed by atoms with Gasteiger partial charge in [0.25, 0.3) is 5.91 Å². The molecule has 4 nitrogen and oxygen atoms in total. The van der Waals surface area contributed by atoms with Gasteiger partial charge in [0, 0.05) is 9.86 Å². The number of carbonyl (C=O) groups is 1. The fourth-order valence-electron chi connectivity index (χ4n) is 2.87. The molecule has 0 radical (unpaired) electrons. The zero-order valence-electron chi connectivity index (χ0n) is 14.3. The van der Waals surface area contributed by atoms with E-state index in [9.17, 15) is 4.79 Å². The number of para-hydroxylation sites is 2. The Labute approximate surface area is 163 Å². The number of aryl methyl sites for hydroxylation is 2. The molecular formula is C20H16BrN3OS. The molecule has 0 saturated carbocycles. The van der Waals surface area contributed by atoms with Gasteiger partial charge in [0.2, 0.25) is 0 Å². The number of benzene rings is 2. The van der Waals surface area contributed by atoms with Gasteiger partial charge < -0.3 is 5.32 Å². The summed E-state index contributed by atoms with van der Waals surface area (Å²) in [4.78, 5) is 14.4. The molecule has 2 aromatic carbocycles. The van der Waals surface area contributed by atoms with Crippen molar-refractivity contribution in [1.82, 2.24) is 9.78 Å². The predicted octanol–water partition coefficient (Wildman–Crippen LogP) is 5.72. The number of amides is 1. The Bertz CT molecular complexity index is 1130. The maximum Gasteiger partial charge on any atom is 0.265 e. The highest BCUT2D eigenvalue weighted by atomic mass is 79.9. The van der Waals surface area contributed by atoms with Crippen LogP contribution in [0.1, 0.15) is 20.9 Å². The van der Waals surface area contributed by atoms with Gasteiger partial charge in [-0.25, -0.2) is 4.68 Å². The summed E-state index contributed by atoms with van der Waals surface area (Å²) in [7, 11) is 0. The summed E-state index contributed by atoms with van der Waals surface area (Å²) in [5.74, 6) is -0.117. The first-order valence-electron chi connectivity index (χ1n) is 8.15. The highest BCUT2D eigenvalue weighted by molar-refractivity contribution is 9.10. The highest BCUT2D eigenvalue weighted by Crippen LogP contribution is 2.32. The second-order valence-electron chi connectivity index (χ2n) is 6.05. The maximum absolute atomic E-state index is 12.7. The molecule has 2 aromatic heterocycles. The summed E-state index contributed by atoms with van der Waals surface area (Å²) in [6.07, 6.45) is 0. The van der Waals surface area contributed by atoms with Gasteiger partial charge in [0.05, 0.1) is 21.9 Å². The number of rotatable bonds is 3. The van der Waals surface area contributed by atoms with E-state index in [1.807, 2.05) is 60.1 Å². The summed E-state index contributed by atoms with van der Waals surface area (Å²) in [6, 6.07) is 17.6. The molecule has 2 heterocycles. The van der Waals surface area contributed by atoms with Crippen LogP contribution in [0.15, 0.2) is 59.1 Å². The van der Waals surface area contributed by atoms with Crippen molar-refractivity contribution in [2.45, 2.75) is 13.8 Å². The summed E-state index contributed by atoms with van der Waals surface area (Å²) < 4.78 is 2.79. The van der Waals surface area contributed by atoms with Crippen molar-refractivity contribution in [3.05, 3.63) is 75.2 Å². The van der Waals surface area contributed by atoms with Crippen LogP contribution >= 0.6 is 27.3 Å². The molecule has 4 aromatic rings. The first kappa shape index (κ1) is 17.0. The minimum Gasteiger partial charge on any atom is -0.320 e. The molecule has 4 rings (SSSR count). The summed E-state index contributed by atoms with van der Waals surface area (Å²) >= 11 is 4.92. The van der Waals surface area contributed by atoms with Crippen molar-refractivity contribution in [1.29, 1.82) is 0 Å². The summed E-state index contributed by atoms with van der Waals surface area (Å²) in [5.41, 5.74) is 3.85. The lowest BCUT2D eigenvalue weighted by Crippen LogP contribution is -2.10. The first-order chi connectivity index (χ1) is 12.5. The molecule has 0 atom stereocenters. The topological polar surface area (TPSA) is 46.9 Å². The highest BCUT2D eigenvalue weighted by Gasteiger charge is 2.18. The Morgan fingerprint density at radius 1 is 1.12 bits per heavy atom. The van der Waals surface area contributed by atoms with Gasteiger partial charge in [-0.15, -0.1) is 11.3 Å². The molecule has 0 bridgehead atoms. The van der Waals surface area contributed by atoms with Crippen molar-refractivity contribution >= 4 is 49.1 Å². The van der Waals surface area contributed by atoms with Crippen molar-refractivity contribution in [2.75, 3.05) is 5.32 Å². The molecular weight excluding hydrogens is 410 g/mol. The van der Waals surface area contributed by atoms with Crippen molar-refractivity contribution in [2.24, 2.45) is 0 Å². The molecule has 1 N–H and O–H groups in total. The fraction of sp³-hybridized carbons (Fsp3) is 0.100. The normalized spacial score (nSPS) is 11.0. The smallest absolute Gasteiger partial charge is 0.265 e. The molecule has 0 unspecified atom stereocenters. The van der Waals surface area contributed by atoms with Crippen LogP contribution in [0.2, 0.25) is 0 Å². The first-order valence-corrected chi connectivity index (χ1v) is 9.76. The Morgan fingerprint density at radius 3 is 2.62 bits per heavy atom. The van der Waals surface area contributed by atoms with Crippen LogP contribution in [-0.2, 0) is 0 Å². The van der Waals surface area contributed by atoms with E-state index in [1.165, 1.54) is 11.3 Å². The Morgan fingerprint density at radius 2 is 1.85 bits per heavy atom. The largest absolute Gasteiger partial charge is 0.320 e. The van der Waals surface area contributed by atoms with Crippen LogP contribution in [0.4, 0.5) is 5.69 Å². The lowest BCUT2D eigenvalue weighted by molar-refractivity contribution is 0.103. The molecule has 1 amide bonds. The van der Waals surface area contributed by atoms with Crippen molar-refractivity contribution < 1.29 is 4.79 Å². The molecule has 0 aliphatic heterocycles. The number of anilines is 1. The fourth-order valence-corrected chi connectivity index (χ4v) is 4.32. The Balaban J connectivity index is 1.75. The zero-order chi connectivity index (χ0) is 18.3. The lowest BCUT2D eigenvalue weighted by Gasteiger charge is -2.06. The second-order valence-corrected chi connectivity index (χ2v) is 7.93. The van der Waals surface area contributed by atoms with Gasteiger partial charge in [0.1, 0.15) is 4.83 Å². The number of halogens is 1. The number of thiophene rings is 1. The van der Waals surface area contributed by atoms with Crippen molar-refractivity contribution in [3.8, 4) is 5.69 Å². The van der Waals surface area contributed by atoms with E-state index < -0.39 is 0 Å². The molecule has 0 fully saturated rings. The van der Waals surface area contributed by atoms with Gasteiger partial charge in [-0.05, 0) is 59.6 Å². The number of carbonyl (C=O) groups excluding carboxylic acids is 1. The van der Waals surface area contributed by atoms with Gasteiger partial charge in [0.15, 0.2) is 0 Å². The average Bonchev–Trinajstić information content (AvgIpc) is 3.19. The average molecular weight is 426 g/mol. The quantitative estimate of drug-likeness (QED) is 0.456. The van der Waals surface area contributed by atoms with E-state index in [2.05, 4.69) is 39.3 Å². The van der Waals surface area contributed by atoms with E-state index in [-0.39, 0.29) is 5.91 Å². The van der Waals surface area contributed by atoms with E-state index >= 15 is 0 Å². The number of aromatic nitrogens is 2. The SMILES string of the molecule is Cc1ccccc1-n1nc(C)c2cc(C(=O)Nc3ccccc3Br)sc21. The molecule has 6 heteroatoms. The van der Waals surface area contributed by atoms with E-state index in [0.29, 0.717) is 4.88 Å². The number of nitrogens with zero attached hydrogens (tertiary/aromatic N) is 2. The number of hydrogen-bond donors (Lipinski definition) is 1. The Hall–Kier alpha value is -2.44. The monoisotopic (exact) mass is 425 g/mol. The summed E-state index contributed by atoms with van der Waals surface area (Å²) in [5, 5.41) is 8.64. The molecule has 0 spiro atoms. The van der Waals surface area contributed by atoms with Gasteiger partial charge in [-0.1, -0.05) is 30.3 Å².